The maximum atomic E-state index is 12.1. The summed E-state index contributed by atoms with van der Waals surface area (Å²) in [5, 5.41) is 10.5. The largest absolute Gasteiger partial charge is 0.349 e. The zero-order valence-corrected chi connectivity index (χ0v) is 14.6. The summed E-state index contributed by atoms with van der Waals surface area (Å²) in [5.74, 6) is 0.0855. The smallest absolute Gasteiger partial charge is 0.343 e. The van der Waals surface area contributed by atoms with Crippen LogP contribution in [0.4, 0.5) is 0 Å². The molecule has 0 saturated heterocycles. The fourth-order valence-electron chi connectivity index (χ4n) is 2.08. The Bertz CT molecular complexity index is 711. The number of aromatic nitrogens is 3. The summed E-state index contributed by atoms with van der Waals surface area (Å²) in [7, 11) is 0. The Morgan fingerprint density at radius 3 is 2.78 bits per heavy atom. The Hall–Kier alpha value is -1.73. The summed E-state index contributed by atoms with van der Waals surface area (Å²) in [6.45, 7) is 4.47. The molecule has 23 heavy (non-hydrogen) atoms. The molecule has 8 heteroatoms. The first-order chi connectivity index (χ1) is 11.0. The number of nitrogens with zero attached hydrogens (tertiary/aromatic N) is 2. The van der Waals surface area contributed by atoms with Crippen LogP contribution in [0.5, 0.6) is 0 Å². The third kappa shape index (κ3) is 4.87. The average Bonchev–Trinajstić information content (AvgIpc) is 2.87. The standard InChI is InChI=1S/C15H19ClN4O2S/c1-3-8-20-14(22)18-19-15(20)23-9-13(21)17-10(2)11-4-6-12(16)7-5-11/h4-7,10H,3,8-9H2,1-2H3,(H,17,21)(H,18,22)/t10-/m1/s1. The number of amides is 1. The van der Waals surface area contributed by atoms with Gasteiger partial charge in [-0.2, -0.15) is 0 Å². The zero-order chi connectivity index (χ0) is 16.8. The van der Waals surface area contributed by atoms with Crippen LogP contribution in [-0.2, 0) is 11.3 Å². The molecule has 0 spiro atoms. The third-order valence-electron chi connectivity index (χ3n) is 3.25. The van der Waals surface area contributed by atoms with Gasteiger partial charge in [0, 0.05) is 11.6 Å². The first-order valence-corrected chi connectivity index (χ1v) is 8.70. The van der Waals surface area contributed by atoms with Gasteiger partial charge in [0.2, 0.25) is 5.91 Å². The van der Waals surface area contributed by atoms with E-state index in [4.69, 9.17) is 11.6 Å². The number of rotatable bonds is 7. The number of carbonyl (C=O) groups excluding carboxylic acids is 1. The van der Waals surface area contributed by atoms with Crippen molar-refractivity contribution in [1.82, 2.24) is 20.1 Å². The third-order valence-corrected chi connectivity index (χ3v) is 4.48. The summed E-state index contributed by atoms with van der Waals surface area (Å²) in [6.07, 6.45) is 0.826. The van der Waals surface area contributed by atoms with Crippen LogP contribution in [0, 0.1) is 0 Å². The van der Waals surface area contributed by atoms with Crippen molar-refractivity contribution in [1.29, 1.82) is 0 Å². The van der Waals surface area contributed by atoms with E-state index in [0.717, 1.165) is 12.0 Å². The van der Waals surface area contributed by atoms with Gasteiger partial charge in [-0.15, -0.1) is 5.10 Å². The summed E-state index contributed by atoms with van der Waals surface area (Å²) in [4.78, 5) is 23.6. The SMILES string of the molecule is CCCn1c(SCC(=O)N[C@H](C)c2ccc(Cl)cc2)n[nH]c1=O. The van der Waals surface area contributed by atoms with E-state index in [1.54, 1.807) is 16.7 Å². The van der Waals surface area contributed by atoms with E-state index in [1.165, 1.54) is 11.8 Å². The maximum absolute atomic E-state index is 12.1. The summed E-state index contributed by atoms with van der Waals surface area (Å²) < 4.78 is 1.54. The molecule has 1 amide bonds. The van der Waals surface area contributed by atoms with Crippen LogP contribution in [0.3, 0.4) is 0 Å². The molecule has 2 rings (SSSR count). The molecule has 0 radical (unpaired) electrons. The molecule has 1 heterocycles. The Morgan fingerprint density at radius 1 is 1.43 bits per heavy atom. The van der Waals surface area contributed by atoms with Gasteiger partial charge in [-0.3, -0.25) is 9.36 Å². The summed E-state index contributed by atoms with van der Waals surface area (Å²) >= 11 is 7.10. The molecule has 6 nitrogen and oxygen atoms in total. The van der Waals surface area contributed by atoms with Gasteiger partial charge in [0.1, 0.15) is 0 Å². The van der Waals surface area contributed by atoms with Gasteiger partial charge in [0.15, 0.2) is 5.16 Å². The average molecular weight is 355 g/mol. The number of benzene rings is 1. The molecule has 0 unspecified atom stereocenters. The van der Waals surface area contributed by atoms with Gasteiger partial charge in [-0.05, 0) is 31.0 Å². The molecule has 0 fully saturated rings. The van der Waals surface area contributed by atoms with Crippen LogP contribution in [0.2, 0.25) is 5.02 Å². The summed E-state index contributed by atoms with van der Waals surface area (Å²) in [5.41, 5.74) is 0.736. The summed E-state index contributed by atoms with van der Waals surface area (Å²) in [6, 6.07) is 7.24. The molecular weight excluding hydrogens is 336 g/mol. The second-order valence-electron chi connectivity index (χ2n) is 5.09. The molecule has 124 valence electrons. The second-order valence-corrected chi connectivity index (χ2v) is 6.47. The molecule has 0 bridgehead atoms. The van der Waals surface area contributed by atoms with Crippen LogP contribution in [0.25, 0.3) is 0 Å². The first-order valence-electron chi connectivity index (χ1n) is 7.34. The van der Waals surface area contributed by atoms with Crippen LogP contribution >= 0.6 is 23.4 Å². The minimum absolute atomic E-state index is 0.114. The van der Waals surface area contributed by atoms with Gasteiger partial charge >= 0.3 is 5.69 Å². The highest BCUT2D eigenvalue weighted by molar-refractivity contribution is 7.99. The Kier molecular flexibility index (Phi) is 6.29. The lowest BCUT2D eigenvalue weighted by Crippen LogP contribution is -2.28. The minimum atomic E-state index is -0.246. The lowest BCUT2D eigenvalue weighted by molar-refractivity contribution is -0.119. The van der Waals surface area contributed by atoms with Crippen molar-refractivity contribution < 1.29 is 4.79 Å². The van der Waals surface area contributed by atoms with Crippen molar-refractivity contribution in [2.24, 2.45) is 0 Å². The number of nitrogens with one attached hydrogen (secondary N) is 2. The number of thioether (sulfide) groups is 1. The van der Waals surface area contributed by atoms with Gasteiger partial charge < -0.3 is 5.32 Å². The Labute approximate surface area is 143 Å². The maximum Gasteiger partial charge on any atom is 0.343 e. The monoisotopic (exact) mass is 354 g/mol. The molecule has 1 aromatic heterocycles. The molecule has 0 aliphatic heterocycles. The van der Waals surface area contributed by atoms with E-state index < -0.39 is 0 Å². The van der Waals surface area contributed by atoms with Crippen molar-refractivity contribution >= 4 is 29.3 Å². The van der Waals surface area contributed by atoms with E-state index in [1.807, 2.05) is 26.0 Å². The highest BCUT2D eigenvalue weighted by Crippen LogP contribution is 2.17. The molecule has 0 aliphatic carbocycles. The molecular formula is C15H19ClN4O2S. The van der Waals surface area contributed by atoms with Crippen LogP contribution in [0.1, 0.15) is 31.9 Å². The Morgan fingerprint density at radius 2 is 2.13 bits per heavy atom. The van der Waals surface area contributed by atoms with Gasteiger partial charge in [0.05, 0.1) is 11.8 Å². The fourth-order valence-corrected chi connectivity index (χ4v) is 2.99. The van der Waals surface area contributed by atoms with E-state index in [0.29, 0.717) is 16.7 Å². The molecule has 0 aliphatic rings. The predicted molar refractivity (Wildman–Crippen MR) is 91.9 cm³/mol. The number of aromatic amines is 1. The van der Waals surface area contributed by atoms with Gasteiger partial charge in [-0.25, -0.2) is 9.89 Å². The fraction of sp³-hybridized carbons (Fsp3) is 0.400. The topological polar surface area (TPSA) is 79.8 Å². The molecule has 0 saturated carbocycles. The van der Waals surface area contributed by atoms with Crippen LogP contribution in [-0.4, -0.2) is 26.4 Å². The quantitative estimate of drug-likeness (QED) is 0.749. The van der Waals surface area contributed by atoms with E-state index in [9.17, 15) is 9.59 Å². The predicted octanol–water partition coefficient (Wildman–Crippen LogP) is 2.60. The van der Waals surface area contributed by atoms with Crippen molar-refractivity contribution in [2.75, 3.05) is 5.75 Å². The lowest BCUT2D eigenvalue weighted by Gasteiger charge is -2.14. The van der Waals surface area contributed by atoms with Crippen LogP contribution < -0.4 is 11.0 Å². The minimum Gasteiger partial charge on any atom is -0.349 e. The van der Waals surface area contributed by atoms with Crippen LogP contribution in [0.15, 0.2) is 34.2 Å². The highest BCUT2D eigenvalue weighted by Gasteiger charge is 2.13. The van der Waals surface area contributed by atoms with E-state index in [2.05, 4.69) is 15.5 Å². The molecule has 1 atom stereocenters. The number of carbonyl (C=O) groups is 1. The Balaban J connectivity index is 1.90. The van der Waals surface area contributed by atoms with E-state index in [-0.39, 0.29) is 23.4 Å². The first kappa shape index (κ1) is 17.6. The molecule has 1 aromatic carbocycles. The number of hydrogen-bond acceptors (Lipinski definition) is 4. The molecule has 2 N–H and O–H groups in total. The van der Waals surface area contributed by atoms with Gasteiger partial charge in [-0.1, -0.05) is 42.4 Å². The number of hydrogen-bond donors (Lipinski definition) is 2. The van der Waals surface area contributed by atoms with Crippen molar-refractivity contribution in [3.8, 4) is 0 Å². The second kappa shape index (κ2) is 8.21. The van der Waals surface area contributed by atoms with Crippen molar-refractivity contribution in [3.05, 3.63) is 45.3 Å². The van der Waals surface area contributed by atoms with Crippen molar-refractivity contribution in [3.63, 3.8) is 0 Å². The normalized spacial score (nSPS) is 12.1. The molecule has 2 aromatic rings. The lowest BCUT2D eigenvalue weighted by atomic mass is 10.1. The van der Waals surface area contributed by atoms with Gasteiger partial charge in [0.25, 0.3) is 0 Å². The van der Waals surface area contributed by atoms with Crippen molar-refractivity contribution in [2.45, 2.75) is 38.0 Å². The zero-order valence-electron chi connectivity index (χ0n) is 13.0. The number of H-pyrrole nitrogens is 1. The number of halogens is 1. The van der Waals surface area contributed by atoms with E-state index >= 15 is 0 Å². The highest BCUT2D eigenvalue weighted by atomic mass is 35.5.